The second kappa shape index (κ2) is 7.19. The number of primary amides is 1. The Morgan fingerprint density at radius 1 is 1.31 bits per heavy atom. The lowest BCUT2D eigenvalue weighted by atomic mass is 10.2. The Morgan fingerprint density at radius 2 is 2.12 bits per heavy atom. The highest BCUT2D eigenvalue weighted by Crippen LogP contribution is 2.36. The fraction of sp³-hybridized carbons (Fsp3) is 0.278. The lowest BCUT2D eigenvalue weighted by Gasteiger charge is -2.13. The maximum atomic E-state index is 11.2. The first-order valence-electron chi connectivity index (χ1n) is 8.29. The van der Waals surface area contributed by atoms with E-state index in [9.17, 15) is 4.79 Å². The van der Waals surface area contributed by atoms with E-state index in [0.29, 0.717) is 18.0 Å². The molecule has 6 nitrogen and oxygen atoms in total. The lowest BCUT2D eigenvalue weighted by molar-refractivity contribution is -0.128. The summed E-state index contributed by atoms with van der Waals surface area (Å²) in [6, 6.07) is 9.77. The standard InChI is InChI=1S/C18H17ClN4O2S/c19-11-3-1-10(2-4-11)15-7-13-16(26-15)18(23-9-22-13)21-8-12-5-6-14(25-12)17(20)24/h1-4,7,9,12,14H,5-6,8H2,(H2,20,24)(H,21,22,23). The quantitative estimate of drug-likeness (QED) is 0.698. The molecule has 2 aromatic heterocycles. The number of carbonyl (C=O) groups is 1. The second-order valence-corrected chi connectivity index (χ2v) is 7.65. The van der Waals surface area contributed by atoms with Crippen LogP contribution in [0.1, 0.15) is 12.8 Å². The van der Waals surface area contributed by atoms with Crippen molar-refractivity contribution in [3.63, 3.8) is 0 Å². The van der Waals surface area contributed by atoms with Gasteiger partial charge in [-0.2, -0.15) is 0 Å². The van der Waals surface area contributed by atoms with Crippen molar-refractivity contribution < 1.29 is 9.53 Å². The average molecular weight is 389 g/mol. The van der Waals surface area contributed by atoms with Crippen molar-refractivity contribution in [2.24, 2.45) is 5.73 Å². The first kappa shape index (κ1) is 17.2. The molecule has 1 amide bonds. The van der Waals surface area contributed by atoms with Crippen LogP contribution in [-0.4, -0.2) is 34.6 Å². The largest absolute Gasteiger partial charge is 0.367 e. The zero-order chi connectivity index (χ0) is 18.1. The smallest absolute Gasteiger partial charge is 0.246 e. The number of nitrogens with one attached hydrogen (secondary N) is 1. The van der Waals surface area contributed by atoms with Crippen molar-refractivity contribution in [1.82, 2.24) is 9.97 Å². The molecule has 1 saturated heterocycles. The number of hydrogen-bond donors (Lipinski definition) is 2. The molecule has 2 atom stereocenters. The Kier molecular flexibility index (Phi) is 4.76. The van der Waals surface area contributed by atoms with Gasteiger partial charge >= 0.3 is 0 Å². The molecule has 2 unspecified atom stereocenters. The zero-order valence-electron chi connectivity index (χ0n) is 13.8. The third kappa shape index (κ3) is 3.51. The van der Waals surface area contributed by atoms with E-state index in [-0.39, 0.29) is 6.10 Å². The third-order valence-corrected chi connectivity index (χ3v) is 5.79. The summed E-state index contributed by atoms with van der Waals surface area (Å²) in [4.78, 5) is 21.0. The van der Waals surface area contributed by atoms with Crippen LogP contribution in [0.3, 0.4) is 0 Å². The number of aromatic nitrogens is 2. The minimum absolute atomic E-state index is 0.0480. The van der Waals surface area contributed by atoms with Crippen LogP contribution in [-0.2, 0) is 9.53 Å². The van der Waals surface area contributed by atoms with Crippen LogP contribution < -0.4 is 11.1 Å². The van der Waals surface area contributed by atoms with Gasteiger partial charge in [0.25, 0.3) is 0 Å². The number of nitrogens with zero attached hydrogens (tertiary/aromatic N) is 2. The maximum absolute atomic E-state index is 11.2. The predicted octanol–water partition coefficient (Wildman–Crippen LogP) is 3.46. The Bertz CT molecular complexity index is 944. The van der Waals surface area contributed by atoms with E-state index < -0.39 is 12.0 Å². The summed E-state index contributed by atoms with van der Waals surface area (Å²) in [5.41, 5.74) is 7.28. The van der Waals surface area contributed by atoms with Gasteiger partial charge < -0.3 is 15.8 Å². The Hall–Kier alpha value is -2.22. The molecule has 1 aliphatic heterocycles. The monoisotopic (exact) mass is 388 g/mol. The van der Waals surface area contributed by atoms with E-state index in [4.69, 9.17) is 22.1 Å². The summed E-state index contributed by atoms with van der Waals surface area (Å²) in [7, 11) is 0. The van der Waals surface area contributed by atoms with Crippen molar-refractivity contribution in [1.29, 1.82) is 0 Å². The van der Waals surface area contributed by atoms with Crippen molar-refractivity contribution in [3.8, 4) is 10.4 Å². The van der Waals surface area contributed by atoms with Crippen LogP contribution in [0.5, 0.6) is 0 Å². The molecule has 0 saturated carbocycles. The molecular weight excluding hydrogens is 372 g/mol. The number of thiophene rings is 1. The molecule has 3 heterocycles. The van der Waals surface area contributed by atoms with Gasteiger partial charge in [-0.3, -0.25) is 4.79 Å². The topological polar surface area (TPSA) is 90.1 Å². The van der Waals surface area contributed by atoms with E-state index >= 15 is 0 Å². The average Bonchev–Trinajstić information content (AvgIpc) is 3.27. The third-order valence-electron chi connectivity index (χ3n) is 4.36. The molecule has 1 fully saturated rings. The van der Waals surface area contributed by atoms with Gasteiger partial charge in [-0.15, -0.1) is 11.3 Å². The van der Waals surface area contributed by atoms with E-state index in [2.05, 4.69) is 15.3 Å². The van der Waals surface area contributed by atoms with Gasteiger partial charge in [0, 0.05) is 16.4 Å². The maximum Gasteiger partial charge on any atom is 0.246 e. The number of benzene rings is 1. The van der Waals surface area contributed by atoms with E-state index in [1.807, 2.05) is 30.3 Å². The number of hydrogen-bond acceptors (Lipinski definition) is 6. The first-order chi connectivity index (χ1) is 12.6. The van der Waals surface area contributed by atoms with E-state index in [0.717, 1.165) is 32.9 Å². The highest BCUT2D eigenvalue weighted by atomic mass is 35.5. The molecule has 1 aliphatic rings. The van der Waals surface area contributed by atoms with Crippen LogP contribution in [0, 0.1) is 0 Å². The van der Waals surface area contributed by atoms with Crippen LogP contribution in [0.2, 0.25) is 5.02 Å². The van der Waals surface area contributed by atoms with Crippen LogP contribution in [0.4, 0.5) is 5.82 Å². The fourth-order valence-corrected chi connectivity index (χ4v) is 4.22. The van der Waals surface area contributed by atoms with E-state index in [1.54, 1.807) is 17.7 Å². The molecule has 8 heteroatoms. The van der Waals surface area contributed by atoms with Crippen molar-refractivity contribution in [3.05, 3.63) is 41.7 Å². The molecule has 3 aromatic rings. The minimum atomic E-state index is -0.481. The summed E-state index contributed by atoms with van der Waals surface area (Å²) < 4.78 is 6.64. The predicted molar refractivity (Wildman–Crippen MR) is 103 cm³/mol. The number of amides is 1. The molecule has 0 bridgehead atoms. The number of halogens is 1. The molecule has 26 heavy (non-hydrogen) atoms. The number of ether oxygens (including phenoxy) is 1. The second-order valence-electron chi connectivity index (χ2n) is 6.16. The number of rotatable bonds is 5. The highest BCUT2D eigenvalue weighted by molar-refractivity contribution is 7.22. The fourth-order valence-electron chi connectivity index (χ4n) is 3.01. The summed E-state index contributed by atoms with van der Waals surface area (Å²) in [5.74, 6) is 0.370. The van der Waals surface area contributed by atoms with Crippen LogP contribution >= 0.6 is 22.9 Å². The summed E-state index contributed by atoms with van der Waals surface area (Å²) in [5, 5.41) is 4.04. The SMILES string of the molecule is NC(=O)C1CCC(CNc2ncnc3cc(-c4ccc(Cl)cc4)sc23)O1. The van der Waals surface area contributed by atoms with Gasteiger partial charge in [0.1, 0.15) is 18.2 Å². The minimum Gasteiger partial charge on any atom is -0.367 e. The summed E-state index contributed by atoms with van der Waals surface area (Å²) in [6.45, 7) is 0.573. The molecule has 134 valence electrons. The Morgan fingerprint density at radius 3 is 2.85 bits per heavy atom. The van der Waals surface area contributed by atoms with Gasteiger partial charge in [0.05, 0.1) is 16.3 Å². The highest BCUT2D eigenvalue weighted by Gasteiger charge is 2.29. The molecule has 3 N–H and O–H groups in total. The van der Waals surface area contributed by atoms with E-state index in [1.165, 1.54) is 0 Å². The zero-order valence-corrected chi connectivity index (χ0v) is 15.4. The molecule has 0 aliphatic carbocycles. The number of nitrogens with two attached hydrogens (primary N) is 1. The number of fused-ring (bicyclic) bond motifs is 1. The van der Waals surface area contributed by atoms with Crippen molar-refractivity contribution in [2.45, 2.75) is 25.0 Å². The summed E-state index contributed by atoms with van der Waals surface area (Å²) in [6.07, 6.45) is 2.49. The molecule has 4 rings (SSSR count). The van der Waals surface area contributed by atoms with Crippen molar-refractivity contribution >= 4 is 44.9 Å². The first-order valence-corrected chi connectivity index (χ1v) is 9.49. The number of anilines is 1. The Balaban J connectivity index is 1.52. The van der Waals surface area contributed by atoms with Gasteiger partial charge in [-0.25, -0.2) is 9.97 Å². The molecular formula is C18H17ClN4O2S. The van der Waals surface area contributed by atoms with Crippen molar-refractivity contribution in [2.75, 3.05) is 11.9 Å². The van der Waals surface area contributed by atoms with Crippen LogP contribution in [0.15, 0.2) is 36.7 Å². The van der Waals surface area contributed by atoms with Gasteiger partial charge in [0.2, 0.25) is 5.91 Å². The molecule has 0 spiro atoms. The summed E-state index contributed by atoms with van der Waals surface area (Å²) >= 11 is 7.59. The van der Waals surface area contributed by atoms with Gasteiger partial charge in [0.15, 0.2) is 0 Å². The molecule has 0 radical (unpaired) electrons. The van der Waals surface area contributed by atoms with Gasteiger partial charge in [-0.1, -0.05) is 23.7 Å². The Labute approximate surface area is 159 Å². The molecule has 1 aromatic carbocycles. The van der Waals surface area contributed by atoms with Crippen LogP contribution in [0.25, 0.3) is 20.7 Å². The number of carbonyl (C=O) groups excluding carboxylic acids is 1. The lowest BCUT2D eigenvalue weighted by Crippen LogP contribution is -2.30. The normalized spacial score (nSPS) is 19.7. The van der Waals surface area contributed by atoms with Gasteiger partial charge in [-0.05, 0) is 36.6 Å².